The molecule has 8 heteroatoms. The lowest BCUT2D eigenvalue weighted by Gasteiger charge is -2.21. The Morgan fingerprint density at radius 3 is 2.48 bits per heavy atom. The second-order valence-electron chi connectivity index (χ2n) is 7.41. The molecule has 2 aromatic carbocycles. The molecule has 2 saturated heterocycles. The molecule has 7 nitrogen and oxygen atoms in total. The smallest absolute Gasteiger partial charge is 0.243 e. The molecule has 0 aliphatic carbocycles. The minimum absolute atomic E-state index is 0.245. The van der Waals surface area contributed by atoms with Crippen molar-refractivity contribution < 1.29 is 27.7 Å². The Labute approximate surface area is 170 Å². The molecule has 29 heavy (non-hydrogen) atoms. The third kappa shape index (κ3) is 4.09. The van der Waals surface area contributed by atoms with Gasteiger partial charge in [0.1, 0.15) is 18.3 Å². The van der Waals surface area contributed by atoms with E-state index in [0.717, 1.165) is 11.1 Å². The van der Waals surface area contributed by atoms with Crippen molar-refractivity contribution in [2.45, 2.75) is 49.1 Å². The maximum Gasteiger partial charge on any atom is 0.243 e. The molecule has 2 aliphatic rings. The van der Waals surface area contributed by atoms with Crippen molar-refractivity contribution in [1.29, 1.82) is 0 Å². The number of ether oxygens (including phenoxy) is 3. The molecule has 0 aromatic heterocycles. The van der Waals surface area contributed by atoms with Crippen molar-refractivity contribution in [3.05, 3.63) is 65.7 Å². The molecule has 6 atom stereocenters. The van der Waals surface area contributed by atoms with Crippen LogP contribution in [-0.4, -0.2) is 62.1 Å². The van der Waals surface area contributed by atoms with Crippen LogP contribution < -0.4 is 0 Å². The van der Waals surface area contributed by atoms with Gasteiger partial charge >= 0.3 is 0 Å². The summed E-state index contributed by atoms with van der Waals surface area (Å²) >= 11 is 0. The number of methoxy groups -OCH3 is 1. The second kappa shape index (κ2) is 8.14. The molecule has 0 saturated carbocycles. The molecule has 1 N–H and O–H groups in total. The number of hydrogen-bond acceptors (Lipinski definition) is 6. The van der Waals surface area contributed by atoms with Crippen LogP contribution >= 0.6 is 0 Å². The predicted octanol–water partition coefficient (Wildman–Crippen LogP) is 1.69. The lowest BCUT2D eigenvalue weighted by molar-refractivity contribution is -0.149. The highest BCUT2D eigenvalue weighted by Crippen LogP contribution is 2.38. The molecule has 2 aliphatic heterocycles. The summed E-state index contributed by atoms with van der Waals surface area (Å²) in [6.45, 7) is 2.51. The van der Waals surface area contributed by atoms with E-state index in [9.17, 15) is 13.5 Å². The first-order chi connectivity index (χ1) is 13.9. The second-order valence-corrected chi connectivity index (χ2v) is 9.30. The number of sulfonamides is 1. The van der Waals surface area contributed by atoms with Crippen LogP contribution in [0.4, 0.5) is 0 Å². The summed E-state index contributed by atoms with van der Waals surface area (Å²) in [4.78, 5) is 0.245. The summed E-state index contributed by atoms with van der Waals surface area (Å²) in [5, 5.41) is 10.6. The average molecular weight is 419 g/mol. The van der Waals surface area contributed by atoms with Gasteiger partial charge in [-0.1, -0.05) is 48.0 Å². The maximum atomic E-state index is 12.9. The lowest BCUT2D eigenvalue weighted by atomic mass is 10.1. The van der Waals surface area contributed by atoms with E-state index < -0.39 is 40.7 Å². The van der Waals surface area contributed by atoms with Gasteiger partial charge in [0.2, 0.25) is 10.0 Å². The molecule has 2 heterocycles. The number of aliphatic hydroxyl groups is 1. The van der Waals surface area contributed by atoms with E-state index in [-0.39, 0.29) is 11.5 Å². The van der Waals surface area contributed by atoms with Gasteiger partial charge in [0.05, 0.1) is 17.5 Å². The van der Waals surface area contributed by atoms with Crippen LogP contribution in [0.1, 0.15) is 11.1 Å². The van der Waals surface area contributed by atoms with E-state index in [1.54, 1.807) is 24.3 Å². The third-order valence-electron chi connectivity index (χ3n) is 5.36. The minimum Gasteiger partial charge on any atom is -0.385 e. The predicted molar refractivity (Wildman–Crippen MR) is 106 cm³/mol. The lowest BCUT2D eigenvalue weighted by Crippen LogP contribution is -2.39. The fraction of sp³-hybridized carbons (Fsp3) is 0.429. The van der Waals surface area contributed by atoms with E-state index in [2.05, 4.69) is 0 Å². The van der Waals surface area contributed by atoms with Crippen LogP contribution in [0.3, 0.4) is 0 Å². The molecule has 0 spiro atoms. The van der Waals surface area contributed by atoms with Crippen LogP contribution in [-0.2, 0) is 30.8 Å². The zero-order valence-corrected chi connectivity index (χ0v) is 17.2. The standard InChI is InChI=1S/C21H25NO6S/c1-14-8-10-16(11-9-14)29(24,25)22-12-17(22)19-20(18(23)21(26-2)28-19)27-13-15-6-4-3-5-7-15/h3-11,17-21,23H,12-13H2,1-2H3/t17-,18+,19+,20+,21-,22?/m0/s1. The van der Waals surface area contributed by atoms with Crippen molar-refractivity contribution in [3.63, 3.8) is 0 Å². The molecule has 2 aromatic rings. The minimum atomic E-state index is -3.63. The van der Waals surface area contributed by atoms with Crippen molar-refractivity contribution in [1.82, 2.24) is 4.31 Å². The van der Waals surface area contributed by atoms with Gasteiger partial charge in [0.25, 0.3) is 0 Å². The first kappa shape index (κ1) is 20.5. The summed E-state index contributed by atoms with van der Waals surface area (Å²) in [5.41, 5.74) is 1.95. The number of hydrogen-bond donors (Lipinski definition) is 1. The first-order valence-corrected chi connectivity index (χ1v) is 11.0. The fourth-order valence-corrected chi connectivity index (χ4v) is 5.23. The van der Waals surface area contributed by atoms with E-state index in [0.29, 0.717) is 6.54 Å². The largest absolute Gasteiger partial charge is 0.385 e. The van der Waals surface area contributed by atoms with Crippen LogP contribution in [0, 0.1) is 6.92 Å². The Morgan fingerprint density at radius 2 is 1.83 bits per heavy atom. The van der Waals surface area contributed by atoms with Gasteiger partial charge in [-0.2, -0.15) is 4.31 Å². The fourth-order valence-electron chi connectivity index (χ4n) is 3.65. The zero-order chi connectivity index (χ0) is 20.6. The number of benzene rings is 2. The molecular formula is C21H25NO6S. The molecule has 0 radical (unpaired) electrons. The van der Waals surface area contributed by atoms with Gasteiger partial charge in [-0.15, -0.1) is 0 Å². The number of rotatable bonds is 7. The van der Waals surface area contributed by atoms with Crippen LogP contribution in [0.15, 0.2) is 59.5 Å². The Kier molecular flexibility index (Phi) is 5.74. The summed E-state index contributed by atoms with van der Waals surface area (Å²) in [5.74, 6) is 0. The van der Waals surface area contributed by atoms with Crippen LogP contribution in [0.2, 0.25) is 0 Å². The SMILES string of the molecule is CO[C@H]1O[C@H]([C@@H]2CN2S(=O)(=O)c2ccc(C)cc2)[C@H](OCc2ccccc2)[C@H]1O. The van der Waals surface area contributed by atoms with Crippen molar-refractivity contribution in [2.24, 2.45) is 0 Å². The first-order valence-electron chi connectivity index (χ1n) is 9.52. The van der Waals surface area contributed by atoms with E-state index in [1.165, 1.54) is 11.4 Å². The van der Waals surface area contributed by atoms with Gasteiger partial charge in [-0.05, 0) is 24.6 Å². The van der Waals surface area contributed by atoms with E-state index in [1.807, 2.05) is 37.3 Å². The monoisotopic (exact) mass is 419 g/mol. The maximum absolute atomic E-state index is 12.9. The zero-order valence-electron chi connectivity index (χ0n) is 16.3. The Balaban J connectivity index is 1.49. The molecule has 1 unspecified atom stereocenters. The van der Waals surface area contributed by atoms with E-state index >= 15 is 0 Å². The topological polar surface area (TPSA) is 85.1 Å². The van der Waals surface area contributed by atoms with Crippen molar-refractivity contribution in [3.8, 4) is 0 Å². The molecule has 2 fully saturated rings. The summed E-state index contributed by atoms with van der Waals surface area (Å²) < 4.78 is 44.2. The average Bonchev–Trinajstić information content (AvgIpc) is 3.47. The van der Waals surface area contributed by atoms with Crippen molar-refractivity contribution in [2.75, 3.05) is 13.7 Å². The number of nitrogens with zero attached hydrogens (tertiary/aromatic N) is 1. The number of aliphatic hydroxyl groups excluding tert-OH is 1. The van der Waals surface area contributed by atoms with Gasteiger partial charge in [0.15, 0.2) is 6.29 Å². The molecule has 0 bridgehead atoms. The molecule has 156 valence electrons. The van der Waals surface area contributed by atoms with Gasteiger partial charge < -0.3 is 19.3 Å². The molecular weight excluding hydrogens is 394 g/mol. The Bertz CT molecular complexity index is 933. The summed E-state index contributed by atoms with van der Waals surface area (Å²) in [6.07, 6.45) is -3.16. The van der Waals surface area contributed by atoms with Crippen LogP contribution in [0.25, 0.3) is 0 Å². The van der Waals surface area contributed by atoms with Gasteiger partial charge in [0, 0.05) is 13.7 Å². The number of aryl methyl sites for hydroxylation is 1. The highest BCUT2D eigenvalue weighted by molar-refractivity contribution is 7.89. The summed E-state index contributed by atoms with van der Waals surface area (Å²) in [7, 11) is -2.18. The summed E-state index contributed by atoms with van der Waals surface area (Å²) in [6, 6.07) is 15.9. The Hall–Kier alpha value is -1.81. The third-order valence-corrected chi connectivity index (χ3v) is 7.26. The van der Waals surface area contributed by atoms with Crippen LogP contribution in [0.5, 0.6) is 0 Å². The highest BCUT2D eigenvalue weighted by Gasteiger charge is 2.58. The molecule has 4 rings (SSSR count). The van der Waals surface area contributed by atoms with E-state index in [4.69, 9.17) is 14.2 Å². The van der Waals surface area contributed by atoms with Gasteiger partial charge in [-0.25, -0.2) is 8.42 Å². The quantitative estimate of drug-likeness (QED) is 0.688. The van der Waals surface area contributed by atoms with Gasteiger partial charge in [-0.3, -0.25) is 0 Å². The normalized spacial score (nSPS) is 31.7. The highest BCUT2D eigenvalue weighted by atomic mass is 32.2. The molecule has 0 amide bonds. The van der Waals surface area contributed by atoms with Crippen molar-refractivity contribution >= 4 is 10.0 Å². The Morgan fingerprint density at radius 1 is 1.14 bits per heavy atom.